The fraction of sp³-hybridized carbons (Fsp3) is 0.375. The molecular weight excluding hydrogens is 426 g/mol. The first-order chi connectivity index (χ1) is 15.6. The SMILES string of the molecule is O=C(Nc1cccc(C(=O)N2CCOCC2)c1)c1ccccc1SCC(=O)N1CCCC1. The number of nitrogens with zero attached hydrogens (tertiary/aromatic N) is 2. The molecule has 168 valence electrons. The summed E-state index contributed by atoms with van der Waals surface area (Å²) in [4.78, 5) is 42.5. The largest absolute Gasteiger partial charge is 0.378 e. The molecule has 8 heteroatoms. The molecule has 7 nitrogen and oxygen atoms in total. The van der Waals surface area contributed by atoms with E-state index < -0.39 is 0 Å². The van der Waals surface area contributed by atoms with E-state index in [1.165, 1.54) is 11.8 Å². The van der Waals surface area contributed by atoms with Gasteiger partial charge < -0.3 is 19.9 Å². The van der Waals surface area contributed by atoms with Gasteiger partial charge in [0.15, 0.2) is 0 Å². The van der Waals surface area contributed by atoms with Gasteiger partial charge in [-0.3, -0.25) is 14.4 Å². The summed E-state index contributed by atoms with van der Waals surface area (Å²) in [5.74, 6) is 0.0869. The van der Waals surface area contributed by atoms with Crippen molar-refractivity contribution in [3.8, 4) is 0 Å². The number of likely N-dealkylation sites (tertiary alicyclic amines) is 1. The van der Waals surface area contributed by atoms with E-state index in [0.717, 1.165) is 30.8 Å². The molecule has 0 aliphatic carbocycles. The second-order valence-electron chi connectivity index (χ2n) is 7.81. The lowest BCUT2D eigenvalue weighted by Gasteiger charge is -2.27. The Morgan fingerprint density at radius 3 is 2.44 bits per heavy atom. The Labute approximate surface area is 192 Å². The van der Waals surface area contributed by atoms with Crippen molar-refractivity contribution in [1.82, 2.24) is 9.80 Å². The molecule has 2 saturated heterocycles. The molecule has 0 atom stereocenters. The Morgan fingerprint density at radius 1 is 0.906 bits per heavy atom. The maximum Gasteiger partial charge on any atom is 0.256 e. The van der Waals surface area contributed by atoms with Crippen molar-refractivity contribution in [2.24, 2.45) is 0 Å². The number of rotatable bonds is 6. The van der Waals surface area contributed by atoms with Crippen LogP contribution in [0, 0.1) is 0 Å². The molecule has 0 spiro atoms. The highest BCUT2D eigenvalue weighted by molar-refractivity contribution is 8.00. The minimum absolute atomic E-state index is 0.0687. The molecule has 2 aromatic carbocycles. The van der Waals surface area contributed by atoms with Gasteiger partial charge >= 0.3 is 0 Å². The van der Waals surface area contributed by atoms with Crippen molar-refractivity contribution in [2.45, 2.75) is 17.7 Å². The first kappa shape index (κ1) is 22.4. The molecular formula is C24H27N3O4S. The minimum Gasteiger partial charge on any atom is -0.378 e. The van der Waals surface area contributed by atoms with E-state index in [0.29, 0.717) is 48.9 Å². The van der Waals surface area contributed by atoms with Crippen LogP contribution in [0.15, 0.2) is 53.4 Å². The first-order valence-electron chi connectivity index (χ1n) is 10.9. The van der Waals surface area contributed by atoms with E-state index in [1.807, 2.05) is 17.0 Å². The third kappa shape index (κ3) is 5.49. The predicted molar refractivity (Wildman–Crippen MR) is 124 cm³/mol. The van der Waals surface area contributed by atoms with Gasteiger partial charge in [0, 0.05) is 42.3 Å². The lowest BCUT2D eigenvalue weighted by atomic mass is 10.1. The highest BCUT2D eigenvalue weighted by Gasteiger charge is 2.21. The molecule has 0 radical (unpaired) electrons. The molecule has 32 heavy (non-hydrogen) atoms. The Morgan fingerprint density at radius 2 is 1.66 bits per heavy atom. The van der Waals surface area contributed by atoms with Crippen molar-refractivity contribution < 1.29 is 19.1 Å². The third-order valence-corrected chi connectivity index (χ3v) is 6.67. The average molecular weight is 454 g/mol. The molecule has 3 amide bonds. The van der Waals surface area contributed by atoms with Crippen LogP contribution in [-0.4, -0.2) is 72.7 Å². The van der Waals surface area contributed by atoms with Gasteiger partial charge in [-0.25, -0.2) is 0 Å². The standard InChI is InChI=1S/C24H27N3O4S/c28-22(26-10-3-4-11-26)17-32-21-9-2-1-8-20(21)23(29)25-19-7-5-6-18(16-19)24(30)27-12-14-31-15-13-27/h1-2,5-9,16H,3-4,10-15,17H2,(H,25,29). The number of morpholine rings is 1. The lowest BCUT2D eigenvalue weighted by molar-refractivity contribution is -0.127. The van der Waals surface area contributed by atoms with E-state index in [-0.39, 0.29) is 17.7 Å². The summed E-state index contributed by atoms with van der Waals surface area (Å²) in [5, 5.41) is 2.90. The van der Waals surface area contributed by atoms with Gasteiger partial charge in [-0.2, -0.15) is 0 Å². The number of carbonyl (C=O) groups is 3. The maximum absolute atomic E-state index is 13.0. The molecule has 4 rings (SSSR count). The summed E-state index contributed by atoms with van der Waals surface area (Å²) in [6.07, 6.45) is 2.12. The number of ether oxygens (including phenoxy) is 1. The fourth-order valence-corrected chi connectivity index (χ4v) is 4.81. The third-order valence-electron chi connectivity index (χ3n) is 5.61. The first-order valence-corrected chi connectivity index (χ1v) is 11.9. The van der Waals surface area contributed by atoms with Crippen molar-refractivity contribution >= 4 is 35.2 Å². The van der Waals surface area contributed by atoms with Gasteiger partial charge in [0.1, 0.15) is 0 Å². The number of carbonyl (C=O) groups excluding carboxylic acids is 3. The van der Waals surface area contributed by atoms with Crippen LogP contribution in [0.4, 0.5) is 5.69 Å². The van der Waals surface area contributed by atoms with Gasteiger partial charge in [-0.15, -0.1) is 11.8 Å². The Balaban J connectivity index is 1.41. The van der Waals surface area contributed by atoms with Crippen LogP contribution >= 0.6 is 11.8 Å². The molecule has 0 bridgehead atoms. The van der Waals surface area contributed by atoms with Crippen molar-refractivity contribution in [3.63, 3.8) is 0 Å². The summed E-state index contributed by atoms with van der Waals surface area (Å²) in [7, 11) is 0. The van der Waals surface area contributed by atoms with Crippen LogP contribution in [0.1, 0.15) is 33.6 Å². The van der Waals surface area contributed by atoms with E-state index in [9.17, 15) is 14.4 Å². The van der Waals surface area contributed by atoms with Crippen molar-refractivity contribution in [1.29, 1.82) is 0 Å². The smallest absolute Gasteiger partial charge is 0.256 e. The molecule has 0 unspecified atom stereocenters. The molecule has 2 aromatic rings. The van der Waals surface area contributed by atoms with Gasteiger partial charge in [0.2, 0.25) is 5.91 Å². The topological polar surface area (TPSA) is 79.0 Å². The van der Waals surface area contributed by atoms with Gasteiger partial charge in [0.05, 0.1) is 24.5 Å². The number of hydrogen-bond acceptors (Lipinski definition) is 5. The highest BCUT2D eigenvalue weighted by atomic mass is 32.2. The number of amides is 3. The second-order valence-corrected chi connectivity index (χ2v) is 8.83. The van der Waals surface area contributed by atoms with E-state index >= 15 is 0 Å². The molecule has 0 saturated carbocycles. The molecule has 0 aromatic heterocycles. The van der Waals surface area contributed by atoms with Gasteiger partial charge in [-0.05, 0) is 43.2 Å². The summed E-state index contributed by atoms with van der Waals surface area (Å²) < 4.78 is 5.31. The van der Waals surface area contributed by atoms with E-state index in [4.69, 9.17) is 4.74 Å². The fourth-order valence-electron chi connectivity index (χ4n) is 3.85. The molecule has 2 aliphatic rings. The summed E-state index contributed by atoms with van der Waals surface area (Å²) in [6.45, 7) is 3.85. The van der Waals surface area contributed by atoms with Crippen LogP contribution in [0.25, 0.3) is 0 Å². The molecule has 1 N–H and O–H groups in total. The van der Waals surface area contributed by atoms with Crippen molar-refractivity contribution in [3.05, 3.63) is 59.7 Å². The van der Waals surface area contributed by atoms with E-state index in [2.05, 4.69) is 5.32 Å². The second kappa shape index (κ2) is 10.7. The highest BCUT2D eigenvalue weighted by Crippen LogP contribution is 2.25. The number of thioether (sulfide) groups is 1. The summed E-state index contributed by atoms with van der Waals surface area (Å²) >= 11 is 1.38. The van der Waals surface area contributed by atoms with Crippen molar-refractivity contribution in [2.75, 3.05) is 50.5 Å². The maximum atomic E-state index is 13.0. The molecule has 2 heterocycles. The Kier molecular flexibility index (Phi) is 7.44. The lowest BCUT2D eigenvalue weighted by Crippen LogP contribution is -2.40. The Bertz CT molecular complexity index is 985. The zero-order valence-corrected chi connectivity index (χ0v) is 18.7. The average Bonchev–Trinajstić information content (AvgIpc) is 3.38. The summed E-state index contributed by atoms with van der Waals surface area (Å²) in [5.41, 5.74) is 1.60. The van der Waals surface area contributed by atoms with Crippen LogP contribution in [0.2, 0.25) is 0 Å². The molecule has 2 aliphatic heterocycles. The zero-order chi connectivity index (χ0) is 22.3. The number of benzene rings is 2. The van der Waals surface area contributed by atoms with Crippen LogP contribution < -0.4 is 5.32 Å². The predicted octanol–water partition coefficient (Wildman–Crippen LogP) is 3.13. The number of anilines is 1. The van der Waals surface area contributed by atoms with Crippen LogP contribution in [-0.2, 0) is 9.53 Å². The quantitative estimate of drug-likeness (QED) is 0.680. The number of nitrogens with one attached hydrogen (secondary N) is 1. The minimum atomic E-state index is -0.266. The normalized spacial score (nSPS) is 16.1. The van der Waals surface area contributed by atoms with Gasteiger partial charge in [0.25, 0.3) is 11.8 Å². The van der Waals surface area contributed by atoms with Crippen LogP contribution in [0.5, 0.6) is 0 Å². The van der Waals surface area contributed by atoms with Gasteiger partial charge in [-0.1, -0.05) is 18.2 Å². The van der Waals surface area contributed by atoms with E-state index in [1.54, 1.807) is 41.3 Å². The number of hydrogen-bond donors (Lipinski definition) is 1. The summed E-state index contributed by atoms with van der Waals surface area (Å²) in [6, 6.07) is 14.2. The zero-order valence-electron chi connectivity index (χ0n) is 17.9. The monoisotopic (exact) mass is 453 g/mol. The van der Waals surface area contributed by atoms with Crippen LogP contribution in [0.3, 0.4) is 0 Å². The Hall–Kier alpha value is -2.84. The molecule has 2 fully saturated rings.